The Morgan fingerprint density at radius 3 is 2.42 bits per heavy atom. The highest BCUT2D eigenvalue weighted by Crippen LogP contribution is 2.29. The van der Waals surface area contributed by atoms with Gasteiger partial charge in [0.15, 0.2) is 5.82 Å². The van der Waals surface area contributed by atoms with Crippen molar-refractivity contribution < 1.29 is 14.0 Å². The van der Waals surface area contributed by atoms with E-state index in [1.165, 1.54) is 24.3 Å². The van der Waals surface area contributed by atoms with Gasteiger partial charge in [-0.1, -0.05) is 12.1 Å². The van der Waals surface area contributed by atoms with Crippen LogP contribution in [0.15, 0.2) is 66.9 Å². The summed E-state index contributed by atoms with van der Waals surface area (Å²) in [4.78, 5) is 29.0. The molecule has 2 fully saturated rings. The molecular weight excluding hydrogens is 421 g/mol. The lowest BCUT2D eigenvalue weighted by molar-refractivity contribution is -0.119. The lowest BCUT2D eigenvalue weighted by Crippen LogP contribution is -2.48. The number of carbonyl (C=O) groups is 2. The lowest BCUT2D eigenvalue weighted by atomic mass is 9.90. The number of anilines is 2. The molecule has 2 aliphatic heterocycles. The molecule has 2 aromatic carbocycles. The summed E-state index contributed by atoms with van der Waals surface area (Å²) in [6, 6.07) is 17.2. The van der Waals surface area contributed by atoms with Gasteiger partial charge in [-0.3, -0.25) is 9.59 Å². The third kappa shape index (κ3) is 4.55. The number of likely N-dealkylation sites (tertiary alicyclic amines) is 1. The number of hydrogen-bond donors (Lipinski definition) is 1. The van der Waals surface area contributed by atoms with E-state index in [1.54, 1.807) is 11.1 Å². The molecular formula is C25H24FN5O2. The van der Waals surface area contributed by atoms with Gasteiger partial charge < -0.3 is 15.1 Å². The van der Waals surface area contributed by atoms with Crippen LogP contribution in [0.4, 0.5) is 15.9 Å². The molecule has 0 aliphatic carbocycles. The number of benzene rings is 2. The van der Waals surface area contributed by atoms with Gasteiger partial charge in [-0.25, -0.2) is 4.39 Å². The van der Waals surface area contributed by atoms with Crippen LogP contribution in [0.1, 0.15) is 28.3 Å². The number of amides is 2. The number of nitrogens with one attached hydrogen (secondary N) is 1. The second kappa shape index (κ2) is 8.97. The number of aromatic nitrogens is 2. The molecule has 0 bridgehead atoms. The number of halogens is 1. The minimum Gasteiger partial charge on any atom is -0.354 e. The predicted molar refractivity (Wildman–Crippen MR) is 122 cm³/mol. The fourth-order valence-corrected chi connectivity index (χ4v) is 4.36. The molecule has 1 N–H and O–H groups in total. The first-order valence-corrected chi connectivity index (χ1v) is 11.0. The zero-order chi connectivity index (χ0) is 22.8. The van der Waals surface area contributed by atoms with E-state index in [4.69, 9.17) is 0 Å². The molecule has 0 radical (unpaired) electrons. The highest BCUT2D eigenvalue weighted by Gasteiger charge is 2.32. The molecule has 1 aromatic heterocycles. The predicted octanol–water partition coefficient (Wildman–Crippen LogP) is 3.32. The minimum absolute atomic E-state index is 0.00820. The first-order chi connectivity index (χ1) is 16.1. The van der Waals surface area contributed by atoms with E-state index in [1.807, 2.05) is 36.4 Å². The average molecular weight is 445 g/mol. The maximum Gasteiger partial charge on any atom is 0.253 e. The van der Waals surface area contributed by atoms with Crippen molar-refractivity contribution in [1.82, 2.24) is 15.1 Å². The first kappa shape index (κ1) is 21.1. The Balaban J connectivity index is 1.12. The molecule has 168 valence electrons. The van der Waals surface area contributed by atoms with E-state index in [0.717, 1.165) is 30.0 Å². The van der Waals surface area contributed by atoms with Crippen LogP contribution in [0.5, 0.6) is 0 Å². The van der Waals surface area contributed by atoms with E-state index >= 15 is 0 Å². The van der Waals surface area contributed by atoms with Crippen LogP contribution in [0.3, 0.4) is 0 Å². The number of carbonyl (C=O) groups excluding carboxylic acids is 2. The fourth-order valence-electron chi connectivity index (χ4n) is 4.36. The van der Waals surface area contributed by atoms with Crippen molar-refractivity contribution in [2.24, 2.45) is 5.92 Å². The average Bonchev–Trinajstić information content (AvgIpc) is 3.31. The van der Waals surface area contributed by atoms with Crippen LogP contribution in [0.25, 0.3) is 0 Å². The Hall–Kier alpha value is -3.81. The molecule has 3 aromatic rings. The smallest absolute Gasteiger partial charge is 0.253 e. The van der Waals surface area contributed by atoms with Crippen molar-refractivity contribution in [2.75, 3.05) is 36.4 Å². The van der Waals surface area contributed by atoms with Crippen LogP contribution < -0.4 is 10.2 Å². The Kier molecular flexibility index (Phi) is 5.73. The van der Waals surface area contributed by atoms with Crippen molar-refractivity contribution >= 4 is 23.3 Å². The highest BCUT2D eigenvalue weighted by molar-refractivity contribution is 5.95. The molecule has 5 rings (SSSR count). The van der Waals surface area contributed by atoms with Gasteiger partial charge in [0.05, 0.1) is 5.92 Å². The van der Waals surface area contributed by atoms with Crippen LogP contribution in [-0.4, -0.2) is 53.1 Å². The van der Waals surface area contributed by atoms with Gasteiger partial charge in [-0.2, -0.15) is 5.10 Å². The molecule has 0 saturated carbocycles. The van der Waals surface area contributed by atoms with Crippen molar-refractivity contribution in [3.63, 3.8) is 0 Å². The molecule has 33 heavy (non-hydrogen) atoms. The Morgan fingerprint density at radius 2 is 1.73 bits per heavy atom. The molecule has 1 atom stereocenters. The monoisotopic (exact) mass is 445 g/mol. The number of hydrogen-bond acceptors (Lipinski definition) is 5. The lowest BCUT2D eigenvalue weighted by Gasteiger charge is -2.39. The summed E-state index contributed by atoms with van der Waals surface area (Å²) < 4.78 is 13.1. The zero-order valence-electron chi connectivity index (χ0n) is 18.0. The van der Waals surface area contributed by atoms with Gasteiger partial charge in [-0.05, 0) is 60.5 Å². The number of nitrogens with zero attached hydrogens (tertiary/aromatic N) is 4. The van der Waals surface area contributed by atoms with Gasteiger partial charge >= 0.3 is 0 Å². The summed E-state index contributed by atoms with van der Waals surface area (Å²) in [5.41, 5.74) is 2.39. The third-order valence-corrected chi connectivity index (χ3v) is 6.35. The summed E-state index contributed by atoms with van der Waals surface area (Å²) in [6.45, 7) is 2.66. The summed E-state index contributed by atoms with van der Waals surface area (Å²) in [6.07, 6.45) is 2.42. The zero-order valence-corrected chi connectivity index (χ0v) is 18.0. The van der Waals surface area contributed by atoms with Crippen molar-refractivity contribution in [1.29, 1.82) is 0 Å². The van der Waals surface area contributed by atoms with E-state index < -0.39 is 0 Å². The topological polar surface area (TPSA) is 78.4 Å². The highest BCUT2D eigenvalue weighted by atomic mass is 19.1. The Morgan fingerprint density at radius 1 is 0.970 bits per heavy atom. The van der Waals surface area contributed by atoms with Crippen LogP contribution in [0.2, 0.25) is 0 Å². The Labute approximate surface area is 191 Å². The molecule has 2 amide bonds. The molecule has 1 unspecified atom stereocenters. The third-order valence-electron chi connectivity index (χ3n) is 6.35. The summed E-state index contributed by atoms with van der Waals surface area (Å²) in [5.74, 6) is 0.538. The van der Waals surface area contributed by atoms with Crippen molar-refractivity contribution in [3.8, 4) is 0 Å². The van der Waals surface area contributed by atoms with Crippen LogP contribution in [-0.2, 0) is 4.79 Å². The normalized spacial score (nSPS) is 18.2. The SMILES string of the molecule is O=C(Nc1ccc(C2CN(C(=O)c3ccc(F)cc3)C2)cc1)C1CCN(c2cccnn2)C1. The largest absolute Gasteiger partial charge is 0.354 e. The second-order valence-corrected chi connectivity index (χ2v) is 8.54. The van der Waals surface area contributed by atoms with E-state index in [-0.39, 0.29) is 29.5 Å². The van der Waals surface area contributed by atoms with E-state index in [2.05, 4.69) is 20.4 Å². The molecule has 0 spiro atoms. The molecule has 2 aliphatic rings. The maximum absolute atomic E-state index is 13.1. The van der Waals surface area contributed by atoms with Gasteiger partial charge in [0.1, 0.15) is 5.82 Å². The van der Waals surface area contributed by atoms with E-state index in [9.17, 15) is 14.0 Å². The standard InChI is InChI=1S/C25H24FN5O2/c26-21-7-3-18(4-8-21)25(33)31-15-20(16-31)17-5-9-22(10-6-17)28-24(32)19-11-13-30(14-19)23-2-1-12-27-29-23/h1-10,12,19-20H,11,13-16H2,(H,28,32). The molecule has 7 nitrogen and oxygen atoms in total. The second-order valence-electron chi connectivity index (χ2n) is 8.54. The number of rotatable bonds is 5. The summed E-state index contributed by atoms with van der Waals surface area (Å²) in [7, 11) is 0. The van der Waals surface area contributed by atoms with Gasteiger partial charge in [0, 0.05) is 49.5 Å². The summed E-state index contributed by atoms with van der Waals surface area (Å²) >= 11 is 0. The minimum atomic E-state index is -0.351. The van der Waals surface area contributed by atoms with Crippen LogP contribution >= 0.6 is 0 Å². The molecule has 3 heterocycles. The van der Waals surface area contributed by atoms with E-state index in [0.29, 0.717) is 25.2 Å². The van der Waals surface area contributed by atoms with Gasteiger partial charge in [-0.15, -0.1) is 5.10 Å². The van der Waals surface area contributed by atoms with Crippen LogP contribution in [0, 0.1) is 11.7 Å². The van der Waals surface area contributed by atoms with Crippen molar-refractivity contribution in [2.45, 2.75) is 12.3 Å². The quantitative estimate of drug-likeness (QED) is 0.652. The molecule has 8 heteroatoms. The first-order valence-electron chi connectivity index (χ1n) is 11.0. The summed E-state index contributed by atoms with van der Waals surface area (Å²) in [5, 5.41) is 11.0. The van der Waals surface area contributed by atoms with Gasteiger partial charge in [0.2, 0.25) is 5.91 Å². The van der Waals surface area contributed by atoms with Crippen molar-refractivity contribution in [3.05, 3.63) is 83.8 Å². The maximum atomic E-state index is 13.1. The fraction of sp³-hybridized carbons (Fsp3) is 0.280. The Bertz CT molecular complexity index is 1130. The molecule has 2 saturated heterocycles. The van der Waals surface area contributed by atoms with Gasteiger partial charge in [0.25, 0.3) is 5.91 Å².